The van der Waals surface area contributed by atoms with Crippen LogP contribution in [-0.4, -0.2) is 96.7 Å². The summed E-state index contributed by atoms with van der Waals surface area (Å²) in [7, 11) is -9.90. The quantitative estimate of drug-likeness (QED) is 0.0222. The van der Waals surface area contributed by atoms with Crippen LogP contribution in [0.4, 0.5) is 0 Å². The van der Waals surface area contributed by atoms with E-state index >= 15 is 0 Å². The van der Waals surface area contributed by atoms with Crippen LogP contribution >= 0.6 is 15.6 Å². The summed E-state index contributed by atoms with van der Waals surface area (Å²) in [6.45, 7) is 11.7. The number of unbranched alkanes of at least 4 members (excludes halogenated alkanes) is 37. The zero-order valence-electron chi connectivity index (χ0n) is 58.6. The molecule has 0 rings (SSSR count). The summed E-state index contributed by atoms with van der Waals surface area (Å²) in [4.78, 5) is 72.5. The van der Waals surface area contributed by atoms with Gasteiger partial charge < -0.3 is 33.8 Å². The first kappa shape index (κ1) is 88.1. The highest BCUT2D eigenvalue weighted by atomic mass is 31.2. The number of phosphoric acid groups is 2. The largest absolute Gasteiger partial charge is 0.472 e. The first-order valence-corrected chi connectivity index (χ1v) is 39.8. The third kappa shape index (κ3) is 64.8. The van der Waals surface area contributed by atoms with Crippen LogP contribution in [0, 0.1) is 17.8 Å². The Hall–Kier alpha value is -1.94. The molecule has 0 saturated carbocycles. The molecule has 5 atom stereocenters. The molecule has 3 N–H and O–H groups in total. The third-order valence-electron chi connectivity index (χ3n) is 16.4. The number of hydrogen-bond acceptors (Lipinski definition) is 15. The van der Waals surface area contributed by atoms with Gasteiger partial charge in [-0.25, -0.2) is 9.13 Å². The van der Waals surface area contributed by atoms with E-state index < -0.39 is 97.5 Å². The van der Waals surface area contributed by atoms with Crippen LogP contribution in [0.3, 0.4) is 0 Å². The highest BCUT2D eigenvalue weighted by molar-refractivity contribution is 7.47. The van der Waals surface area contributed by atoms with E-state index in [-0.39, 0.29) is 25.7 Å². The molecule has 90 heavy (non-hydrogen) atoms. The normalized spacial score (nSPS) is 14.2. The SMILES string of the molecule is CCCCCCCCCCCCCCCCCCCCCC(=O)O[C@H](COC(=O)CCCCCCCCCCCCC(C)C)COP(=O)(O)OC[C@@H](O)COP(=O)(O)OC[C@@H](COC(=O)CCCCCCCCC(C)C)OC(=O)CCCCCCCCC(C)C. The van der Waals surface area contributed by atoms with Crippen molar-refractivity contribution < 1.29 is 80.2 Å². The highest BCUT2D eigenvalue weighted by Crippen LogP contribution is 2.45. The second kappa shape index (κ2) is 61.9. The van der Waals surface area contributed by atoms with Gasteiger partial charge in [0, 0.05) is 25.7 Å². The van der Waals surface area contributed by atoms with Crippen LogP contribution in [0.5, 0.6) is 0 Å². The van der Waals surface area contributed by atoms with Crippen molar-refractivity contribution in [1.82, 2.24) is 0 Å². The van der Waals surface area contributed by atoms with Crippen LogP contribution in [0.1, 0.15) is 357 Å². The maximum absolute atomic E-state index is 13.0. The van der Waals surface area contributed by atoms with Gasteiger partial charge in [0.15, 0.2) is 12.2 Å². The van der Waals surface area contributed by atoms with E-state index in [1.807, 2.05) is 0 Å². The van der Waals surface area contributed by atoms with Gasteiger partial charge in [0.2, 0.25) is 0 Å². The lowest BCUT2D eigenvalue weighted by molar-refractivity contribution is -0.161. The van der Waals surface area contributed by atoms with E-state index in [1.54, 1.807) is 0 Å². The number of esters is 4. The van der Waals surface area contributed by atoms with E-state index in [0.717, 1.165) is 102 Å². The molecule has 0 heterocycles. The molecule has 0 aromatic heterocycles. The zero-order valence-corrected chi connectivity index (χ0v) is 60.4. The van der Waals surface area contributed by atoms with Gasteiger partial charge in [-0.3, -0.25) is 37.3 Å². The lowest BCUT2D eigenvalue weighted by Crippen LogP contribution is -2.30. The minimum absolute atomic E-state index is 0.101. The van der Waals surface area contributed by atoms with Crippen LogP contribution in [-0.2, 0) is 65.4 Å². The molecule has 0 fully saturated rings. The number of phosphoric ester groups is 2. The minimum Gasteiger partial charge on any atom is -0.462 e. The molecular formula is C71H138O17P2. The molecule has 0 saturated heterocycles. The second-order valence-electron chi connectivity index (χ2n) is 27.1. The monoisotopic (exact) mass is 1320 g/mol. The van der Waals surface area contributed by atoms with Gasteiger partial charge in [-0.2, -0.15) is 0 Å². The lowest BCUT2D eigenvalue weighted by Gasteiger charge is -2.21. The number of hydrogen-bond donors (Lipinski definition) is 3. The van der Waals surface area contributed by atoms with Crippen molar-refractivity contribution in [2.45, 2.75) is 375 Å². The predicted molar refractivity (Wildman–Crippen MR) is 363 cm³/mol. The van der Waals surface area contributed by atoms with E-state index in [2.05, 4.69) is 48.5 Å². The lowest BCUT2D eigenvalue weighted by atomic mass is 10.0. The summed E-state index contributed by atoms with van der Waals surface area (Å²) < 4.78 is 68.2. The van der Waals surface area contributed by atoms with Crippen molar-refractivity contribution in [2.75, 3.05) is 39.6 Å². The predicted octanol–water partition coefficient (Wildman–Crippen LogP) is 20.2. The van der Waals surface area contributed by atoms with Gasteiger partial charge in [0.25, 0.3) is 0 Å². The molecule has 0 aromatic carbocycles. The minimum atomic E-state index is -4.95. The first-order valence-electron chi connectivity index (χ1n) is 36.8. The fourth-order valence-electron chi connectivity index (χ4n) is 10.7. The molecule has 0 aliphatic heterocycles. The standard InChI is InChI=1S/C71H138O17P2/c1-8-9-10-11-12-13-14-15-16-17-18-19-20-21-22-27-30-40-47-54-70(75)87-66(58-81-68(73)52-45-38-29-26-24-23-25-28-35-42-49-62(2)3)60-85-89(77,78)83-56-65(72)57-84-90(79,80)86-61-67(88-71(76)55-48-41-34-32-37-44-51-64(6)7)59-82-69(74)53-46-39-33-31-36-43-50-63(4)5/h62-67,72H,8-61H2,1-7H3,(H,77,78)(H,79,80)/t65-,66-,67-/m1/s1. The van der Waals surface area contributed by atoms with E-state index in [0.29, 0.717) is 37.5 Å². The Bertz CT molecular complexity index is 1770. The molecule has 2 unspecified atom stereocenters. The molecule has 0 amide bonds. The summed E-state index contributed by atoms with van der Waals surface area (Å²) in [5.74, 6) is -0.0249. The fraction of sp³-hybridized carbons (Fsp3) is 0.944. The molecule has 0 bridgehead atoms. The number of aliphatic hydroxyl groups excluding tert-OH is 1. The molecule has 0 radical (unpaired) electrons. The summed E-state index contributed by atoms with van der Waals surface area (Å²) in [6.07, 6.45) is 46.3. The first-order chi connectivity index (χ1) is 43.2. The Morgan fingerprint density at radius 3 is 0.756 bits per heavy atom. The van der Waals surface area contributed by atoms with Crippen LogP contribution in [0.25, 0.3) is 0 Å². The van der Waals surface area contributed by atoms with Crippen LogP contribution in [0.2, 0.25) is 0 Å². The average Bonchev–Trinajstić information content (AvgIpc) is 2.80. The second-order valence-corrected chi connectivity index (χ2v) is 30.0. The number of carbonyl (C=O) groups is 4. The van der Waals surface area contributed by atoms with Gasteiger partial charge in [-0.1, -0.05) is 305 Å². The van der Waals surface area contributed by atoms with Crippen molar-refractivity contribution in [2.24, 2.45) is 17.8 Å². The molecule has 534 valence electrons. The number of aliphatic hydroxyl groups is 1. The topological polar surface area (TPSA) is 237 Å². The Morgan fingerprint density at radius 2 is 0.511 bits per heavy atom. The molecule has 0 spiro atoms. The molecule has 0 aliphatic carbocycles. The van der Waals surface area contributed by atoms with Gasteiger partial charge in [0.1, 0.15) is 19.3 Å². The Balaban J connectivity index is 5.19. The van der Waals surface area contributed by atoms with Gasteiger partial charge in [0.05, 0.1) is 26.4 Å². The number of carbonyl (C=O) groups excluding carboxylic acids is 4. The maximum Gasteiger partial charge on any atom is 0.472 e. The zero-order chi connectivity index (χ0) is 66.6. The number of ether oxygens (including phenoxy) is 4. The molecule has 0 aliphatic rings. The maximum atomic E-state index is 13.0. The Labute approximate surface area is 549 Å². The van der Waals surface area contributed by atoms with Crippen LogP contribution < -0.4 is 0 Å². The van der Waals surface area contributed by atoms with Gasteiger partial charge in [-0.15, -0.1) is 0 Å². The van der Waals surface area contributed by atoms with Crippen molar-refractivity contribution >= 4 is 39.5 Å². The third-order valence-corrected chi connectivity index (χ3v) is 18.3. The molecule has 17 nitrogen and oxygen atoms in total. The molecule has 19 heteroatoms. The van der Waals surface area contributed by atoms with Crippen molar-refractivity contribution in [3.63, 3.8) is 0 Å². The van der Waals surface area contributed by atoms with E-state index in [9.17, 15) is 43.2 Å². The molecule has 0 aromatic rings. The number of rotatable bonds is 69. The summed E-state index contributed by atoms with van der Waals surface area (Å²) in [5.41, 5.74) is 0. The average molecular weight is 1330 g/mol. The molecular weight excluding hydrogens is 1190 g/mol. The summed E-state index contributed by atoms with van der Waals surface area (Å²) >= 11 is 0. The summed E-state index contributed by atoms with van der Waals surface area (Å²) in [6, 6.07) is 0. The van der Waals surface area contributed by atoms with Gasteiger partial charge >= 0.3 is 39.5 Å². The van der Waals surface area contributed by atoms with Crippen molar-refractivity contribution in [3.8, 4) is 0 Å². The Kier molecular flexibility index (Phi) is 60.6. The van der Waals surface area contributed by atoms with Gasteiger partial charge in [-0.05, 0) is 43.4 Å². The fourth-order valence-corrected chi connectivity index (χ4v) is 12.3. The van der Waals surface area contributed by atoms with Crippen molar-refractivity contribution in [3.05, 3.63) is 0 Å². The summed E-state index contributed by atoms with van der Waals surface area (Å²) in [5, 5.41) is 10.6. The highest BCUT2D eigenvalue weighted by Gasteiger charge is 2.30. The Morgan fingerprint density at radius 1 is 0.300 bits per heavy atom. The van der Waals surface area contributed by atoms with E-state index in [4.69, 9.17) is 37.0 Å². The van der Waals surface area contributed by atoms with E-state index in [1.165, 1.54) is 161 Å². The smallest absolute Gasteiger partial charge is 0.462 e. The van der Waals surface area contributed by atoms with Crippen LogP contribution in [0.15, 0.2) is 0 Å². The van der Waals surface area contributed by atoms with Crippen molar-refractivity contribution in [1.29, 1.82) is 0 Å².